The van der Waals surface area contributed by atoms with E-state index < -0.39 is 23.8 Å². The van der Waals surface area contributed by atoms with Crippen LogP contribution in [-0.2, 0) is 30.7 Å². The van der Waals surface area contributed by atoms with E-state index >= 15 is 0 Å². The third kappa shape index (κ3) is 6.89. The third-order valence-corrected chi connectivity index (χ3v) is 4.17. The molecule has 0 spiro atoms. The molecule has 0 bridgehead atoms. The van der Waals surface area contributed by atoms with Crippen molar-refractivity contribution in [1.29, 1.82) is 0 Å². The first-order valence-electron chi connectivity index (χ1n) is 7.31. The summed E-state index contributed by atoms with van der Waals surface area (Å²) in [7, 11) is 0. The molecule has 4 N–H and O–H groups in total. The van der Waals surface area contributed by atoms with Gasteiger partial charge in [0.25, 0.3) is 0 Å². The maximum atomic E-state index is 10.6. The molecule has 0 aromatic rings. The van der Waals surface area contributed by atoms with Crippen LogP contribution >= 0.6 is 0 Å². The minimum Gasteiger partial charge on any atom is -0.676 e. The summed E-state index contributed by atoms with van der Waals surface area (Å²) in [5.74, 6) is -3.28. The fraction of sp³-hybridized carbons (Fsp3) is 0.857. The Morgan fingerprint density at radius 2 is 1.00 bits per heavy atom. The summed E-state index contributed by atoms with van der Waals surface area (Å²) in [5.41, 5.74) is 14.6. The summed E-state index contributed by atoms with van der Waals surface area (Å²) in [6, 6.07) is -0.160. The summed E-state index contributed by atoms with van der Waals surface area (Å²) in [4.78, 5) is 21.2. The monoisotopic (exact) mass is 479 g/mol. The van der Waals surface area contributed by atoms with Gasteiger partial charge in [-0.3, -0.25) is 9.59 Å². The van der Waals surface area contributed by atoms with E-state index in [9.17, 15) is 9.59 Å². The van der Waals surface area contributed by atoms with E-state index in [-0.39, 0.29) is 33.1 Å². The van der Waals surface area contributed by atoms with Crippen LogP contribution < -0.4 is 0 Å². The van der Waals surface area contributed by atoms with Crippen molar-refractivity contribution in [2.45, 2.75) is 63.5 Å². The van der Waals surface area contributed by atoms with E-state index in [0.29, 0.717) is 12.8 Å². The first-order valence-corrected chi connectivity index (χ1v) is 7.31. The number of carboxylic acids is 2. The van der Waals surface area contributed by atoms with Crippen LogP contribution in [0.3, 0.4) is 0 Å². The number of carbonyl (C=O) groups is 2. The zero-order valence-electron chi connectivity index (χ0n) is 12.0. The molecule has 0 aliphatic heterocycles. The summed E-state index contributed by atoms with van der Waals surface area (Å²) in [6.07, 6.45) is 6.93. The van der Waals surface area contributed by atoms with Gasteiger partial charge >= 0.3 is 33.0 Å². The molecule has 2 fully saturated rings. The van der Waals surface area contributed by atoms with Crippen LogP contribution in [0.4, 0.5) is 0 Å². The fourth-order valence-electron chi connectivity index (χ4n) is 2.85. The molecule has 2 aliphatic rings. The average molecular weight is 479 g/mol. The van der Waals surface area contributed by atoms with Crippen molar-refractivity contribution >= 4 is 11.9 Å². The minimum atomic E-state index is -0.970. The number of carboxylic acid groups (broad SMARTS) is 2. The Morgan fingerprint density at radius 1 is 0.714 bits per heavy atom. The van der Waals surface area contributed by atoms with Crippen LogP contribution in [0.25, 0.3) is 11.5 Å². The van der Waals surface area contributed by atoms with Gasteiger partial charge in [0.2, 0.25) is 0 Å². The van der Waals surface area contributed by atoms with Crippen LogP contribution in [-0.4, -0.2) is 34.2 Å². The average Bonchev–Trinajstić information content (AvgIpc) is 2.43. The number of rotatable bonds is 2. The van der Waals surface area contributed by atoms with Crippen LogP contribution in [0.5, 0.6) is 0 Å². The van der Waals surface area contributed by atoms with Crippen molar-refractivity contribution in [2.24, 2.45) is 11.8 Å². The van der Waals surface area contributed by atoms with Crippen molar-refractivity contribution in [3.05, 3.63) is 11.5 Å². The molecule has 6 nitrogen and oxygen atoms in total. The molecule has 2 aliphatic carbocycles. The predicted octanol–water partition coefficient (Wildman–Crippen LogP) is 3.36. The normalized spacial score (nSPS) is 32.1. The molecule has 0 aromatic carbocycles. The predicted molar refractivity (Wildman–Crippen MR) is 75.4 cm³/mol. The quantitative estimate of drug-likeness (QED) is 0.631. The van der Waals surface area contributed by atoms with E-state index in [1.54, 1.807) is 0 Å². The molecular weight excluding hydrogens is 455 g/mol. The van der Waals surface area contributed by atoms with Crippen molar-refractivity contribution in [3.63, 3.8) is 0 Å². The summed E-state index contributed by atoms with van der Waals surface area (Å²) in [6.45, 7) is 0. The fourth-order valence-corrected chi connectivity index (χ4v) is 2.85. The SMILES string of the molecule is O=C(O)C1CCCCC1C(=O)O.[NH-]C1CCCCC1[NH-].[Pt+2]. The van der Waals surface area contributed by atoms with Gasteiger partial charge < -0.3 is 21.7 Å². The van der Waals surface area contributed by atoms with Gasteiger partial charge in [-0.15, -0.1) is 0 Å². The largest absolute Gasteiger partial charge is 2.00 e. The van der Waals surface area contributed by atoms with Crippen molar-refractivity contribution in [3.8, 4) is 0 Å². The summed E-state index contributed by atoms with van der Waals surface area (Å²) in [5, 5.41) is 17.4. The molecule has 21 heavy (non-hydrogen) atoms. The Bertz CT molecular complexity index is 309. The molecule has 0 saturated heterocycles. The Kier molecular flexibility index (Phi) is 10.1. The number of hydrogen-bond donors (Lipinski definition) is 2. The Hall–Kier alpha value is -0.452. The smallest absolute Gasteiger partial charge is 0.676 e. The Labute approximate surface area is 139 Å². The van der Waals surface area contributed by atoms with Gasteiger partial charge in [-0.2, -0.15) is 12.1 Å². The molecule has 4 atom stereocenters. The molecule has 2 saturated carbocycles. The standard InChI is InChI=1S/C8H12O4.C6H12N2.Pt/c9-7(10)5-3-1-2-4-6(5)8(11)12;7-5-3-1-2-4-6(5)8;/h5-6H,1-4H2,(H,9,10)(H,11,12);5-8H,1-4H2;/q;-2;+2. The van der Waals surface area contributed by atoms with E-state index in [1.807, 2.05) is 0 Å². The van der Waals surface area contributed by atoms with Crippen molar-refractivity contribution < 1.29 is 40.9 Å². The van der Waals surface area contributed by atoms with Gasteiger partial charge in [0.05, 0.1) is 11.8 Å². The molecule has 7 heteroatoms. The second kappa shape index (κ2) is 10.3. The van der Waals surface area contributed by atoms with E-state index in [2.05, 4.69) is 0 Å². The molecule has 2 rings (SSSR count). The topological polar surface area (TPSA) is 122 Å². The van der Waals surface area contributed by atoms with Crippen LogP contribution in [0.2, 0.25) is 0 Å². The van der Waals surface area contributed by atoms with Crippen LogP contribution in [0.1, 0.15) is 51.4 Å². The Balaban J connectivity index is 0.000000390. The zero-order chi connectivity index (χ0) is 15.1. The van der Waals surface area contributed by atoms with Crippen LogP contribution in [0, 0.1) is 11.8 Å². The summed E-state index contributed by atoms with van der Waals surface area (Å²) < 4.78 is 0. The molecule has 0 radical (unpaired) electrons. The zero-order valence-corrected chi connectivity index (χ0v) is 14.3. The van der Waals surface area contributed by atoms with Crippen molar-refractivity contribution in [1.82, 2.24) is 0 Å². The minimum absolute atomic E-state index is 0. The number of hydrogen-bond acceptors (Lipinski definition) is 2. The second-order valence-corrected chi connectivity index (χ2v) is 5.67. The van der Waals surface area contributed by atoms with Gasteiger partial charge in [0, 0.05) is 0 Å². The van der Waals surface area contributed by atoms with Gasteiger partial charge in [-0.1, -0.05) is 38.5 Å². The van der Waals surface area contributed by atoms with Gasteiger partial charge in [0.1, 0.15) is 0 Å². The van der Waals surface area contributed by atoms with Gasteiger partial charge in [0.15, 0.2) is 0 Å². The first-order chi connectivity index (χ1) is 9.43. The Morgan fingerprint density at radius 3 is 1.24 bits per heavy atom. The van der Waals surface area contributed by atoms with Crippen molar-refractivity contribution in [2.75, 3.05) is 0 Å². The van der Waals surface area contributed by atoms with Crippen LogP contribution in [0.15, 0.2) is 0 Å². The molecular formula is C14H24N2O4Pt. The third-order valence-electron chi connectivity index (χ3n) is 4.17. The van der Waals surface area contributed by atoms with Gasteiger partial charge in [-0.25, -0.2) is 0 Å². The maximum absolute atomic E-state index is 10.6. The van der Waals surface area contributed by atoms with Gasteiger partial charge in [-0.05, 0) is 12.8 Å². The van der Waals surface area contributed by atoms with E-state index in [1.165, 1.54) is 12.8 Å². The molecule has 124 valence electrons. The molecule has 0 heterocycles. The first kappa shape index (κ1) is 20.5. The number of aliphatic carboxylic acids is 2. The molecule has 0 amide bonds. The molecule has 0 aromatic heterocycles. The summed E-state index contributed by atoms with van der Waals surface area (Å²) >= 11 is 0. The number of nitrogens with one attached hydrogen (secondary N) is 2. The van der Waals surface area contributed by atoms with E-state index in [4.69, 9.17) is 21.7 Å². The molecule has 4 unspecified atom stereocenters. The van der Waals surface area contributed by atoms with E-state index in [0.717, 1.165) is 25.7 Å². The second-order valence-electron chi connectivity index (χ2n) is 5.67. The maximum Gasteiger partial charge on any atom is 2.00 e.